The van der Waals surface area contributed by atoms with Crippen molar-refractivity contribution < 1.29 is 13.2 Å². The van der Waals surface area contributed by atoms with Gasteiger partial charge in [0.05, 0.1) is 0 Å². The molecule has 0 saturated heterocycles. The molecule has 5 heteroatoms. The van der Waals surface area contributed by atoms with Crippen LogP contribution in [0.3, 0.4) is 0 Å². The summed E-state index contributed by atoms with van der Waals surface area (Å²) < 4.78 is 36.0. The van der Waals surface area contributed by atoms with E-state index in [0.29, 0.717) is 5.56 Å². The number of nitrogens with two attached hydrogens (primary N) is 1. The van der Waals surface area contributed by atoms with Crippen molar-refractivity contribution in [1.82, 2.24) is 4.98 Å². The van der Waals surface area contributed by atoms with Gasteiger partial charge in [-0.25, -0.2) is 0 Å². The summed E-state index contributed by atoms with van der Waals surface area (Å²) in [6, 6.07) is 1.34. The molecule has 0 aliphatic heterocycles. The molecule has 1 heterocycles. The largest absolute Gasteiger partial charge is 0.403 e. The zero-order valence-corrected chi connectivity index (χ0v) is 6.75. The average Bonchev–Trinajstić information content (AvgIpc) is 2.04. The normalized spacial score (nSPS) is 14.2. The maximum atomic E-state index is 12.0. The smallest absolute Gasteiger partial charge is 0.320 e. The first-order valence-corrected chi connectivity index (χ1v) is 3.71. The Labute approximate surface area is 73.6 Å². The standard InChI is InChI=1S/C8H9F3N2/c9-8(10,11)7(12)4-6-2-1-3-13-5-6/h1-3,5,7H,4,12H2. The molecule has 0 bridgehead atoms. The topological polar surface area (TPSA) is 38.9 Å². The van der Waals surface area contributed by atoms with Crippen LogP contribution in [0.25, 0.3) is 0 Å². The van der Waals surface area contributed by atoms with Crippen LogP contribution in [0.15, 0.2) is 24.5 Å². The summed E-state index contributed by atoms with van der Waals surface area (Å²) in [6.45, 7) is 0. The Kier molecular flexibility index (Phi) is 2.87. The lowest BCUT2D eigenvalue weighted by molar-refractivity contribution is -0.147. The highest BCUT2D eigenvalue weighted by Crippen LogP contribution is 2.20. The number of hydrogen-bond acceptors (Lipinski definition) is 2. The first-order valence-electron chi connectivity index (χ1n) is 3.71. The number of hydrogen-bond donors (Lipinski definition) is 1. The van der Waals surface area contributed by atoms with E-state index in [9.17, 15) is 13.2 Å². The average molecular weight is 190 g/mol. The summed E-state index contributed by atoms with van der Waals surface area (Å²) in [5.74, 6) is 0. The summed E-state index contributed by atoms with van der Waals surface area (Å²) in [7, 11) is 0. The summed E-state index contributed by atoms with van der Waals surface area (Å²) in [6.07, 6.45) is -1.68. The highest BCUT2D eigenvalue weighted by atomic mass is 19.4. The molecule has 2 nitrogen and oxygen atoms in total. The van der Waals surface area contributed by atoms with Crippen LogP contribution in [0.1, 0.15) is 5.56 Å². The lowest BCUT2D eigenvalue weighted by atomic mass is 10.1. The van der Waals surface area contributed by atoms with Crippen LogP contribution in [0.4, 0.5) is 13.2 Å². The van der Waals surface area contributed by atoms with E-state index in [1.165, 1.54) is 12.4 Å². The van der Waals surface area contributed by atoms with Gasteiger partial charge in [0.1, 0.15) is 6.04 Å². The van der Waals surface area contributed by atoms with Crippen molar-refractivity contribution in [2.75, 3.05) is 0 Å². The molecule has 2 N–H and O–H groups in total. The molecule has 13 heavy (non-hydrogen) atoms. The van der Waals surface area contributed by atoms with E-state index in [4.69, 9.17) is 5.73 Å². The molecule has 0 aliphatic carbocycles. The Morgan fingerprint density at radius 3 is 2.62 bits per heavy atom. The first-order chi connectivity index (χ1) is 6.00. The molecule has 1 atom stereocenters. The van der Waals surface area contributed by atoms with Crippen LogP contribution >= 0.6 is 0 Å². The monoisotopic (exact) mass is 190 g/mol. The van der Waals surface area contributed by atoms with Crippen LogP contribution in [0.5, 0.6) is 0 Å². The lowest BCUT2D eigenvalue weighted by Gasteiger charge is -2.14. The van der Waals surface area contributed by atoms with Crippen molar-refractivity contribution >= 4 is 0 Å². The molecule has 72 valence electrons. The molecule has 0 amide bonds. The SMILES string of the molecule is NC(Cc1cccnc1)C(F)(F)F. The van der Waals surface area contributed by atoms with Gasteiger partial charge in [0.15, 0.2) is 0 Å². The summed E-state index contributed by atoms with van der Waals surface area (Å²) in [5.41, 5.74) is 5.42. The van der Waals surface area contributed by atoms with Gasteiger partial charge < -0.3 is 5.73 Å². The van der Waals surface area contributed by atoms with E-state index in [0.717, 1.165) is 0 Å². The van der Waals surface area contributed by atoms with E-state index in [2.05, 4.69) is 4.98 Å². The third kappa shape index (κ3) is 3.02. The second-order valence-electron chi connectivity index (χ2n) is 2.71. The Bertz CT molecular complexity index is 258. The number of aromatic nitrogens is 1. The Morgan fingerprint density at radius 2 is 2.15 bits per heavy atom. The predicted octanol–water partition coefficient (Wildman–Crippen LogP) is 1.51. The fourth-order valence-corrected chi connectivity index (χ4v) is 0.889. The van der Waals surface area contributed by atoms with Crippen LogP contribution in [0.2, 0.25) is 0 Å². The van der Waals surface area contributed by atoms with Crippen LogP contribution < -0.4 is 5.73 Å². The lowest BCUT2D eigenvalue weighted by Crippen LogP contribution is -2.39. The minimum absolute atomic E-state index is 0.225. The quantitative estimate of drug-likeness (QED) is 0.767. The molecule has 1 rings (SSSR count). The maximum Gasteiger partial charge on any atom is 0.403 e. The van der Waals surface area contributed by atoms with Gasteiger partial charge in [-0.05, 0) is 18.1 Å². The highest BCUT2D eigenvalue weighted by Gasteiger charge is 2.36. The molecule has 0 spiro atoms. The summed E-state index contributed by atoms with van der Waals surface area (Å²) >= 11 is 0. The van der Waals surface area contributed by atoms with E-state index in [1.54, 1.807) is 12.1 Å². The van der Waals surface area contributed by atoms with E-state index in [-0.39, 0.29) is 6.42 Å². The fraction of sp³-hybridized carbons (Fsp3) is 0.375. The van der Waals surface area contributed by atoms with Gasteiger partial charge in [-0.3, -0.25) is 4.98 Å². The number of rotatable bonds is 2. The third-order valence-corrected chi connectivity index (χ3v) is 1.60. The molecule has 0 aliphatic rings. The Hall–Kier alpha value is -1.10. The predicted molar refractivity (Wildman–Crippen MR) is 42.0 cm³/mol. The number of halogens is 3. The minimum atomic E-state index is -4.34. The van der Waals surface area contributed by atoms with Crippen molar-refractivity contribution in [3.8, 4) is 0 Å². The number of alkyl halides is 3. The van der Waals surface area contributed by atoms with Crippen molar-refractivity contribution in [1.29, 1.82) is 0 Å². The second kappa shape index (κ2) is 3.74. The molecule has 1 unspecified atom stereocenters. The molecular weight excluding hydrogens is 181 g/mol. The van der Waals surface area contributed by atoms with Gasteiger partial charge in [0.25, 0.3) is 0 Å². The Morgan fingerprint density at radius 1 is 1.46 bits per heavy atom. The zero-order valence-electron chi connectivity index (χ0n) is 6.75. The van der Waals surface area contributed by atoms with E-state index >= 15 is 0 Å². The maximum absolute atomic E-state index is 12.0. The highest BCUT2D eigenvalue weighted by molar-refractivity contribution is 5.10. The molecule has 1 aromatic heterocycles. The van der Waals surface area contributed by atoms with Crippen LogP contribution in [0, 0.1) is 0 Å². The van der Waals surface area contributed by atoms with Crippen molar-refractivity contribution in [3.63, 3.8) is 0 Å². The molecule has 0 radical (unpaired) electrons. The summed E-state index contributed by atoms with van der Waals surface area (Å²) in [5, 5.41) is 0. The molecule has 0 fully saturated rings. The zero-order chi connectivity index (χ0) is 9.90. The van der Waals surface area contributed by atoms with Crippen molar-refractivity contribution in [3.05, 3.63) is 30.1 Å². The number of nitrogens with zero attached hydrogens (tertiary/aromatic N) is 1. The fourth-order valence-electron chi connectivity index (χ4n) is 0.889. The summed E-state index contributed by atoms with van der Waals surface area (Å²) in [4.78, 5) is 3.70. The molecule has 0 saturated carbocycles. The third-order valence-electron chi connectivity index (χ3n) is 1.60. The van der Waals surface area contributed by atoms with Crippen molar-refractivity contribution in [2.45, 2.75) is 18.6 Å². The van der Waals surface area contributed by atoms with Gasteiger partial charge in [0.2, 0.25) is 0 Å². The molecule has 0 aromatic carbocycles. The van der Waals surface area contributed by atoms with Crippen LogP contribution in [-0.2, 0) is 6.42 Å². The van der Waals surface area contributed by atoms with Gasteiger partial charge in [-0.2, -0.15) is 13.2 Å². The van der Waals surface area contributed by atoms with E-state index in [1.807, 2.05) is 0 Å². The van der Waals surface area contributed by atoms with Gasteiger partial charge in [0, 0.05) is 12.4 Å². The second-order valence-corrected chi connectivity index (χ2v) is 2.71. The van der Waals surface area contributed by atoms with Gasteiger partial charge >= 0.3 is 6.18 Å². The van der Waals surface area contributed by atoms with Crippen LogP contribution in [-0.4, -0.2) is 17.2 Å². The molecular formula is C8H9F3N2. The first kappa shape index (κ1) is 9.98. The Balaban J connectivity index is 2.61. The van der Waals surface area contributed by atoms with Crippen molar-refractivity contribution in [2.24, 2.45) is 5.73 Å². The van der Waals surface area contributed by atoms with Gasteiger partial charge in [-0.15, -0.1) is 0 Å². The number of pyridine rings is 1. The minimum Gasteiger partial charge on any atom is -0.320 e. The molecule has 1 aromatic rings. The van der Waals surface area contributed by atoms with E-state index < -0.39 is 12.2 Å². The van der Waals surface area contributed by atoms with Gasteiger partial charge in [-0.1, -0.05) is 6.07 Å².